The van der Waals surface area contributed by atoms with E-state index < -0.39 is 0 Å². The molecule has 1 saturated heterocycles. The zero-order chi connectivity index (χ0) is 16.2. The van der Waals surface area contributed by atoms with E-state index in [4.69, 9.17) is 9.47 Å². The summed E-state index contributed by atoms with van der Waals surface area (Å²) in [6.07, 6.45) is 4.73. The molecule has 0 spiro atoms. The van der Waals surface area contributed by atoms with Crippen LogP contribution in [0.4, 0.5) is 0 Å². The van der Waals surface area contributed by atoms with Gasteiger partial charge in [-0.1, -0.05) is 0 Å². The van der Waals surface area contributed by atoms with Crippen LogP contribution in [0.25, 0.3) is 0 Å². The average Bonchev–Trinajstić information content (AvgIpc) is 3.01. The first-order valence-electron chi connectivity index (χ1n) is 7.40. The highest BCUT2D eigenvalue weighted by molar-refractivity contribution is 7.09. The number of thiazole rings is 1. The molecule has 1 fully saturated rings. The van der Waals surface area contributed by atoms with E-state index in [1.54, 1.807) is 16.5 Å². The number of aryl methyl sites for hydroxylation is 1. The van der Waals surface area contributed by atoms with E-state index in [0.717, 1.165) is 24.4 Å². The predicted molar refractivity (Wildman–Crippen MR) is 85.0 cm³/mol. The minimum absolute atomic E-state index is 0.0422. The number of aromatic nitrogens is 3. The molecule has 1 aliphatic rings. The van der Waals surface area contributed by atoms with Crippen LogP contribution in [0.5, 0.6) is 11.8 Å². The molecule has 1 aliphatic heterocycles. The second-order valence-electron chi connectivity index (χ2n) is 5.28. The lowest BCUT2D eigenvalue weighted by Crippen LogP contribution is -2.44. The Kier molecular flexibility index (Phi) is 4.71. The number of carbonyl (C=O) groups excluding carboxylic acids is 1. The van der Waals surface area contributed by atoms with Gasteiger partial charge in [-0.05, 0) is 19.8 Å². The summed E-state index contributed by atoms with van der Waals surface area (Å²) in [6.45, 7) is 3.14. The first-order chi connectivity index (χ1) is 11.2. The molecule has 1 amide bonds. The Morgan fingerprint density at radius 3 is 2.91 bits per heavy atom. The van der Waals surface area contributed by atoms with Gasteiger partial charge in [0.25, 0.3) is 5.91 Å². The predicted octanol–water partition coefficient (Wildman–Crippen LogP) is 1.93. The van der Waals surface area contributed by atoms with Crippen LogP contribution in [0.2, 0.25) is 0 Å². The van der Waals surface area contributed by atoms with Crippen LogP contribution in [0.1, 0.15) is 28.3 Å². The lowest BCUT2D eigenvalue weighted by Gasteiger charge is -2.32. The van der Waals surface area contributed by atoms with Gasteiger partial charge in [-0.3, -0.25) is 9.78 Å². The fourth-order valence-electron chi connectivity index (χ4n) is 2.50. The Bertz CT molecular complexity index is 691. The maximum atomic E-state index is 12.5. The molecule has 0 N–H and O–H groups in total. The number of hydrogen-bond acceptors (Lipinski definition) is 7. The van der Waals surface area contributed by atoms with Gasteiger partial charge in [0.15, 0.2) is 0 Å². The summed E-state index contributed by atoms with van der Waals surface area (Å²) in [6, 6.07) is 0. The van der Waals surface area contributed by atoms with Gasteiger partial charge in [-0.25, -0.2) is 4.98 Å². The zero-order valence-electron chi connectivity index (χ0n) is 13.1. The molecule has 1 atom stereocenters. The third kappa shape index (κ3) is 3.76. The highest BCUT2D eigenvalue weighted by Gasteiger charge is 2.27. The number of nitrogens with zero attached hydrogens (tertiary/aromatic N) is 4. The van der Waals surface area contributed by atoms with Crippen molar-refractivity contribution >= 4 is 17.2 Å². The molecule has 0 radical (unpaired) electrons. The summed E-state index contributed by atoms with van der Waals surface area (Å²) >= 11 is 1.48. The van der Waals surface area contributed by atoms with Crippen molar-refractivity contribution < 1.29 is 14.3 Å². The van der Waals surface area contributed by atoms with Crippen LogP contribution < -0.4 is 9.47 Å². The maximum absolute atomic E-state index is 12.5. The van der Waals surface area contributed by atoms with Crippen molar-refractivity contribution in [2.45, 2.75) is 25.9 Å². The number of methoxy groups -OCH3 is 1. The van der Waals surface area contributed by atoms with Crippen LogP contribution in [0.3, 0.4) is 0 Å². The summed E-state index contributed by atoms with van der Waals surface area (Å²) in [7, 11) is 1.53. The number of amides is 1. The smallest absolute Gasteiger partial charge is 0.273 e. The van der Waals surface area contributed by atoms with Gasteiger partial charge in [0.2, 0.25) is 11.8 Å². The monoisotopic (exact) mass is 334 g/mol. The number of likely N-dealkylation sites (tertiary alicyclic amines) is 1. The van der Waals surface area contributed by atoms with Crippen molar-refractivity contribution in [3.05, 3.63) is 28.5 Å². The van der Waals surface area contributed by atoms with Crippen LogP contribution >= 0.6 is 11.3 Å². The molecular formula is C15H18N4O3S. The quantitative estimate of drug-likeness (QED) is 0.850. The Labute approximate surface area is 138 Å². The Morgan fingerprint density at radius 1 is 1.35 bits per heavy atom. The number of carbonyl (C=O) groups is 1. The minimum Gasteiger partial charge on any atom is -0.480 e. The molecule has 2 aromatic rings. The van der Waals surface area contributed by atoms with Crippen LogP contribution in [0, 0.1) is 6.92 Å². The lowest BCUT2D eigenvalue weighted by atomic mass is 10.1. The zero-order valence-corrected chi connectivity index (χ0v) is 13.9. The summed E-state index contributed by atoms with van der Waals surface area (Å²) in [5, 5.41) is 2.69. The SMILES string of the molecule is COc1cncc(O[C@H]2CCCN(C(=O)c3csc(C)n3)C2)n1. The molecule has 122 valence electrons. The second kappa shape index (κ2) is 6.91. The lowest BCUT2D eigenvalue weighted by molar-refractivity contribution is 0.0521. The Hall–Kier alpha value is -2.22. The summed E-state index contributed by atoms with van der Waals surface area (Å²) in [5.74, 6) is 0.775. The fourth-order valence-corrected chi connectivity index (χ4v) is 3.09. The Balaban J connectivity index is 1.64. The third-order valence-corrected chi connectivity index (χ3v) is 4.36. The molecule has 0 aliphatic carbocycles. The minimum atomic E-state index is -0.103. The molecule has 23 heavy (non-hydrogen) atoms. The van der Waals surface area contributed by atoms with Gasteiger partial charge in [-0.2, -0.15) is 4.98 Å². The maximum Gasteiger partial charge on any atom is 0.273 e. The van der Waals surface area contributed by atoms with Gasteiger partial charge in [-0.15, -0.1) is 11.3 Å². The molecule has 7 nitrogen and oxygen atoms in total. The summed E-state index contributed by atoms with van der Waals surface area (Å²) < 4.78 is 10.9. The highest BCUT2D eigenvalue weighted by atomic mass is 32.1. The number of piperidine rings is 1. The van der Waals surface area contributed by atoms with Gasteiger partial charge in [0.05, 0.1) is 31.1 Å². The van der Waals surface area contributed by atoms with Crippen LogP contribution in [-0.2, 0) is 0 Å². The van der Waals surface area contributed by atoms with E-state index in [1.807, 2.05) is 6.92 Å². The number of rotatable bonds is 4. The molecule has 0 saturated carbocycles. The van der Waals surface area contributed by atoms with E-state index in [2.05, 4.69) is 15.0 Å². The van der Waals surface area contributed by atoms with Gasteiger partial charge in [0, 0.05) is 11.9 Å². The molecule has 0 unspecified atom stereocenters. The van der Waals surface area contributed by atoms with Gasteiger partial charge >= 0.3 is 0 Å². The molecule has 3 heterocycles. The van der Waals surface area contributed by atoms with E-state index in [9.17, 15) is 4.79 Å². The normalized spacial score (nSPS) is 17.8. The molecule has 3 rings (SSSR count). The fraction of sp³-hybridized carbons (Fsp3) is 0.467. The summed E-state index contributed by atoms with van der Waals surface area (Å²) in [5.41, 5.74) is 0.509. The van der Waals surface area contributed by atoms with Gasteiger partial charge < -0.3 is 14.4 Å². The summed E-state index contributed by atoms with van der Waals surface area (Å²) in [4.78, 5) is 26.8. The molecule has 0 bridgehead atoms. The first-order valence-corrected chi connectivity index (χ1v) is 8.28. The number of ether oxygens (including phenoxy) is 2. The number of hydrogen-bond donors (Lipinski definition) is 0. The van der Waals surface area contributed by atoms with Crippen LogP contribution in [-0.4, -0.2) is 52.1 Å². The van der Waals surface area contributed by atoms with E-state index in [-0.39, 0.29) is 12.0 Å². The standard InChI is InChI=1S/C15H18N4O3S/c1-10-17-12(9-23-10)15(20)19-5-3-4-11(8-19)22-14-7-16-6-13(18-14)21-2/h6-7,9,11H,3-5,8H2,1-2H3/t11-/m0/s1. The topological polar surface area (TPSA) is 77.4 Å². The van der Waals surface area contributed by atoms with E-state index >= 15 is 0 Å². The Morgan fingerprint density at radius 2 is 2.17 bits per heavy atom. The molecule has 2 aromatic heterocycles. The van der Waals surface area contributed by atoms with Crippen molar-refractivity contribution in [3.63, 3.8) is 0 Å². The van der Waals surface area contributed by atoms with Crippen molar-refractivity contribution in [3.8, 4) is 11.8 Å². The van der Waals surface area contributed by atoms with Crippen molar-refractivity contribution in [2.75, 3.05) is 20.2 Å². The van der Waals surface area contributed by atoms with E-state index in [0.29, 0.717) is 24.0 Å². The molecule has 0 aromatic carbocycles. The van der Waals surface area contributed by atoms with Crippen LogP contribution in [0.15, 0.2) is 17.8 Å². The van der Waals surface area contributed by atoms with E-state index in [1.165, 1.54) is 24.6 Å². The van der Waals surface area contributed by atoms with Crippen molar-refractivity contribution in [2.24, 2.45) is 0 Å². The second-order valence-corrected chi connectivity index (χ2v) is 6.35. The molecule has 8 heteroatoms. The third-order valence-electron chi connectivity index (χ3n) is 3.59. The molecular weight excluding hydrogens is 316 g/mol. The average molecular weight is 334 g/mol. The van der Waals surface area contributed by atoms with Crippen molar-refractivity contribution in [1.82, 2.24) is 19.9 Å². The van der Waals surface area contributed by atoms with Gasteiger partial charge in [0.1, 0.15) is 11.8 Å². The first kappa shape index (κ1) is 15.7. The highest BCUT2D eigenvalue weighted by Crippen LogP contribution is 2.20. The largest absolute Gasteiger partial charge is 0.480 e. The van der Waals surface area contributed by atoms with Crippen molar-refractivity contribution in [1.29, 1.82) is 0 Å².